The molecule has 0 saturated carbocycles. The van der Waals surface area contributed by atoms with Gasteiger partial charge in [0.1, 0.15) is 5.00 Å². The molecule has 0 radical (unpaired) electrons. The second-order valence-electron chi connectivity index (χ2n) is 8.25. The molecular formula is C24H27N3OS. The number of aryl methyl sites for hydroxylation is 2. The molecule has 0 bridgehead atoms. The molecular weight excluding hydrogens is 378 g/mol. The fraction of sp³-hybridized carbons (Fsp3) is 0.375. The summed E-state index contributed by atoms with van der Waals surface area (Å²) in [4.78, 5) is 16.8. The van der Waals surface area contributed by atoms with E-state index in [1.165, 1.54) is 51.5 Å². The average molecular weight is 406 g/mol. The maximum atomic E-state index is 13.2. The summed E-state index contributed by atoms with van der Waals surface area (Å²) in [5, 5.41) is 4.47. The normalized spacial score (nSPS) is 17.9. The third kappa shape index (κ3) is 3.27. The lowest BCUT2D eigenvalue weighted by Gasteiger charge is -2.28. The summed E-state index contributed by atoms with van der Waals surface area (Å²) in [6.07, 6.45) is 7.01. The molecule has 4 nitrogen and oxygen atoms in total. The molecule has 3 heterocycles. The van der Waals surface area contributed by atoms with E-state index >= 15 is 0 Å². The van der Waals surface area contributed by atoms with Crippen LogP contribution in [0.5, 0.6) is 0 Å². The monoisotopic (exact) mass is 405 g/mol. The van der Waals surface area contributed by atoms with Crippen molar-refractivity contribution >= 4 is 17.4 Å². The lowest BCUT2D eigenvalue weighted by molar-refractivity contribution is 0.174. The molecule has 1 aliphatic carbocycles. The van der Waals surface area contributed by atoms with Crippen molar-refractivity contribution in [3.63, 3.8) is 0 Å². The number of nitrogens with one attached hydrogen (secondary N) is 1. The summed E-state index contributed by atoms with van der Waals surface area (Å²) in [5.41, 5.74) is 6.41. The fourth-order valence-electron chi connectivity index (χ4n) is 4.59. The van der Waals surface area contributed by atoms with Crippen LogP contribution in [0.25, 0.3) is 5.00 Å². The SMILES string of the molecule is Cc1ccc(CNC(=O)N2Cc3c(sc4c3CCCC4)-n3cccc3[C@@H]2C)cc1. The average Bonchev–Trinajstić information content (AvgIpc) is 3.33. The highest BCUT2D eigenvalue weighted by Gasteiger charge is 2.32. The predicted molar refractivity (Wildman–Crippen MR) is 118 cm³/mol. The summed E-state index contributed by atoms with van der Waals surface area (Å²) >= 11 is 1.93. The van der Waals surface area contributed by atoms with Gasteiger partial charge in [-0.2, -0.15) is 0 Å². The molecule has 2 aliphatic rings. The lowest BCUT2D eigenvalue weighted by Crippen LogP contribution is -2.40. The number of hydrogen-bond donors (Lipinski definition) is 1. The summed E-state index contributed by atoms with van der Waals surface area (Å²) in [6, 6.07) is 12.6. The Morgan fingerprint density at radius 2 is 1.93 bits per heavy atom. The lowest BCUT2D eigenvalue weighted by atomic mass is 9.95. The van der Waals surface area contributed by atoms with Crippen molar-refractivity contribution in [1.29, 1.82) is 0 Å². The molecule has 5 heteroatoms. The highest BCUT2D eigenvalue weighted by Crippen LogP contribution is 2.42. The van der Waals surface area contributed by atoms with Gasteiger partial charge in [-0.1, -0.05) is 29.8 Å². The van der Waals surface area contributed by atoms with E-state index in [0.717, 1.165) is 12.0 Å². The van der Waals surface area contributed by atoms with Crippen molar-refractivity contribution < 1.29 is 4.79 Å². The number of aromatic nitrogens is 1. The van der Waals surface area contributed by atoms with Crippen molar-refractivity contribution in [2.24, 2.45) is 0 Å². The number of carbonyl (C=O) groups excluding carboxylic acids is 1. The minimum absolute atomic E-state index is 0.00874. The molecule has 1 atom stereocenters. The van der Waals surface area contributed by atoms with Gasteiger partial charge in [-0.3, -0.25) is 0 Å². The highest BCUT2D eigenvalue weighted by molar-refractivity contribution is 7.15. The van der Waals surface area contributed by atoms with Crippen LogP contribution in [0.1, 0.15) is 58.6 Å². The number of amides is 2. The summed E-state index contributed by atoms with van der Waals surface area (Å²) in [5.74, 6) is 0. The summed E-state index contributed by atoms with van der Waals surface area (Å²) in [6.45, 7) is 5.46. The fourth-order valence-corrected chi connectivity index (χ4v) is 6.00. The standard InChI is InChI=1S/C24H27N3OS/c1-16-9-11-18(12-10-16)14-25-24(28)27-15-20-19-6-3-4-8-22(19)29-23(20)26-13-5-7-21(26)17(27)2/h5,7,9-13,17H,3-4,6,8,14-15H2,1-2H3,(H,25,28)/t17-/m0/s1. The van der Waals surface area contributed by atoms with E-state index in [1.54, 1.807) is 0 Å². The van der Waals surface area contributed by atoms with Gasteiger partial charge in [-0.25, -0.2) is 4.79 Å². The number of thiophene rings is 1. The Morgan fingerprint density at radius 1 is 1.14 bits per heavy atom. The maximum absolute atomic E-state index is 13.2. The first kappa shape index (κ1) is 18.5. The number of fused-ring (bicyclic) bond motifs is 5. The molecule has 2 aromatic heterocycles. The molecule has 1 aromatic carbocycles. The smallest absolute Gasteiger partial charge is 0.318 e. The van der Waals surface area contributed by atoms with Crippen molar-refractivity contribution in [2.45, 2.75) is 58.7 Å². The van der Waals surface area contributed by atoms with Crippen LogP contribution in [0.3, 0.4) is 0 Å². The molecule has 5 rings (SSSR count). The molecule has 0 saturated heterocycles. The van der Waals surface area contributed by atoms with Crippen LogP contribution in [0.4, 0.5) is 4.79 Å². The zero-order valence-corrected chi connectivity index (χ0v) is 17.9. The molecule has 2 amide bonds. The van der Waals surface area contributed by atoms with E-state index in [1.807, 2.05) is 16.2 Å². The molecule has 29 heavy (non-hydrogen) atoms. The van der Waals surface area contributed by atoms with Gasteiger partial charge in [-0.15, -0.1) is 11.3 Å². The Morgan fingerprint density at radius 3 is 2.76 bits per heavy atom. The summed E-state index contributed by atoms with van der Waals surface area (Å²) in [7, 11) is 0. The number of urea groups is 1. The summed E-state index contributed by atoms with van der Waals surface area (Å²) < 4.78 is 2.32. The van der Waals surface area contributed by atoms with Crippen molar-refractivity contribution in [3.8, 4) is 5.00 Å². The first-order valence-corrected chi connectivity index (χ1v) is 11.3. The molecule has 1 N–H and O–H groups in total. The first-order chi connectivity index (χ1) is 14.1. The van der Waals surface area contributed by atoms with Gasteiger partial charge in [0.25, 0.3) is 0 Å². The van der Waals surface area contributed by atoms with Crippen LogP contribution < -0.4 is 5.32 Å². The zero-order valence-electron chi connectivity index (χ0n) is 17.1. The van der Waals surface area contributed by atoms with E-state index in [-0.39, 0.29) is 12.1 Å². The Bertz CT molecular complexity index is 1050. The topological polar surface area (TPSA) is 37.3 Å². The van der Waals surface area contributed by atoms with E-state index < -0.39 is 0 Å². The molecule has 150 valence electrons. The Hall–Kier alpha value is -2.53. The second-order valence-corrected chi connectivity index (χ2v) is 9.33. The largest absolute Gasteiger partial charge is 0.334 e. The third-order valence-electron chi connectivity index (χ3n) is 6.31. The molecule has 0 spiro atoms. The van der Waals surface area contributed by atoms with Gasteiger partial charge < -0.3 is 14.8 Å². The number of carbonyl (C=O) groups is 1. The Balaban J connectivity index is 1.45. The number of nitrogens with zero attached hydrogens (tertiary/aromatic N) is 2. The Labute approximate surface area is 176 Å². The van der Waals surface area contributed by atoms with E-state index in [4.69, 9.17) is 0 Å². The van der Waals surface area contributed by atoms with Crippen molar-refractivity contribution in [1.82, 2.24) is 14.8 Å². The van der Waals surface area contributed by atoms with Crippen LogP contribution in [-0.4, -0.2) is 15.5 Å². The van der Waals surface area contributed by atoms with E-state index in [2.05, 4.69) is 66.3 Å². The van der Waals surface area contributed by atoms with Crippen molar-refractivity contribution in [2.75, 3.05) is 0 Å². The molecule has 1 aliphatic heterocycles. The minimum Gasteiger partial charge on any atom is -0.334 e. The van der Waals surface area contributed by atoms with Crippen LogP contribution in [0.15, 0.2) is 42.6 Å². The predicted octanol–water partition coefficient (Wildman–Crippen LogP) is 5.51. The van der Waals surface area contributed by atoms with Crippen LogP contribution in [0, 0.1) is 6.92 Å². The minimum atomic E-state index is 0.00874. The molecule has 3 aromatic rings. The maximum Gasteiger partial charge on any atom is 0.318 e. The van der Waals surface area contributed by atoms with Crippen LogP contribution >= 0.6 is 11.3 Å². The van der Waals surface area contributed by atoms with Gasteiger partial charge in [0.05, 0.1) is 12.6 Å². The van der Waals surface area contributed by atoms with Crippen molar-refractivity contribution in [3.05, 3.63) is 75.4 Å². The second kappa shape index (κ2) is 7.38. The third-order valence-corrected chi connectivity index (χ3v) is 7.64. The molecule has 0 unspecified atom stereocenters. The van der Waals surface area contributed by atoms with Crippen LogP contribution in [-0.2, 0) is 25.9 Å². The first-order valence-electron chi connectivity index (χ1n) is 10.5. The van der Waals surface area contributed by atoms with Crippen LogP contribution in [0.2, 0.25) is 0 Å². The van der Waals surface area contributed by atoms with Gasteiger partial charge in [0.15, 0.2) is 0 Å². The quantitative estimate of drug-likeness (QED) is 0.599. The number of benzene rings is 1. The van der Waals surface area contributed by atoms with Gasteiger partial charge >= 0.3 is 6.03 Å². The van der Waals surface area contributed by atoms with E-state index in [0.29, 0.717) is 13.1 Å². The van der Waals surface area contributed by atoms with Gasteiger partial charge in [0, 0.05) is 28.9 Å². The number of rotatable bonds is 2. The Kier molecular flexibility index (Phi) is 4.70. The van der Waals surface area contributed by atoms with Gasteiger partial charge in [0.2, 0.25) is 0 Å². The molecule has 0 fully saturated rings. The number of hydrogen-bond acceptors (Lipinski definition) is 2. The highest BCUT2D eigenvalue weighted by atomic mass is 32.1. The zero-order chi connectivity index (χ0) is 20.0. The van der Waals surface area contributed by atoms with Gasteiger partial charge in [-0.05, 0) is 62.8 Å². The van der Waals surface area contributed by atoms with E-state index in [9.17, 15) is 4.79 Å².